The number of ether oxygens (including phenoxy) is 2. The highest BCUT2D eigenvalue weighted by Gasteiger charge is 2.32. The summed E-state index contributed by atoms with van der Waals surface area (Å²) in [6.07, 6.45) is 2.72. The van der Waals surface area contributed by atoms with Gasteiger partial charge in [0.2, 0.25) is 0 Å². The zero-order chi connectivity index (χ0) is 23.1. The van der Waals surface area contributed by atoms with Gasteiger partial charge in [-0.05, 0) is 50.3 Å². The average Bonchev–Trinajstić information content (AvgIpc) is 3.12. The number of carboxylic acids is 1. The average molecular weight is 433 g/mol. The Morgan fingerprint density at radius 3 is 2.52 bits per heavy atom. The number of carbonyl (C=O) groups excluding carboxylic acids is 1. The highest BCUT2D eigenvalue weighted by molar-refractivity contribution is 5.71. The van der Waals surface area contributed by atoms with E-state index in [-0.39, 0.29) is 30.5 Å². The van der Waals surface area contributed by atoms with Crippen LogP contribution in [0.5, 0.6) is 0 Å². The molecule has 0 unspecified atom stereocenters. The van der Waals surface area contributed by atoms with Gasteiger partial charge in [0.15, 0.2) is 5.82 Å². The first-order valence-corrected chi connectivity index (χ1v) is 10.2. The van der Waals surface area contributed by atoms with E-state index in [0.29, 0.717) is 5.82 Å². The van der Waals surface area contributed by atoms with Gasteiger partial charge in [-0.1, -0.05) is 12.1 Å². The van der Waals surface area contributed by atoms with E-state index in [2.05, 4.69) is 25.0 Å². The van der Waals surface area contributed by atoms with Crippen LogP contribution >= 0.6 is 0 Å². The molecule has 31 heavy (non-hydrogen) atoms. The van der Waals surface area contributed by atoms with Crippen LogP contribution in [0.4, 0.5) is 0 Å². The van der Waals surface area contributed by atoms with Crippen LogP contribution in [0.1, 0.15) is 54.9 Å². The summed E-state index contributed by atoms with van der Waals surface area (Å²) in [5, 5.41) is 12.1. The van der Waals surface area contributed by atoms with Gasteiger partial charge in [-0.15, -0.1) is 0 Å². The first-order valence-electron chi connectivity index (χ1n) is 10.2. The normalized spacial score (nSPS) is 20.5. The largest absolute Gasteiger partial charge is 0.481 e. The number of hydrogen-bond donors (Lipinski definition) is 2. The zero-order valence-corrected chi connectivity index (χ0v) is 18.8. The monoisotopic (exact) mass is 432 g/mol. The number of aliphatic carboxylic acids is 1. The maximum Gasteiger partial charge on any atom is 0.313 e. The number of carboxylic acid groups (broad SMARTS) is 1. The van der Waals surface area contributed by atoms with Crippen molar-refractivity contribution >= 4 is 11.9 Å². The Morgan fingerprint density at radius 1 is 1.26 bits per heavy atom. The van der Waals surface area contributed by atoms with E-state index in [1.165, 1.54) is 12.7 Å². The van der Waals surface area contributed by atoms with E-state index >= 15 is 0 Å². The molecule has 1 aliphatic carbocycles. The highest BCUT2D eigenvalue weighted by Crippen LogP contribution is 2.34. The van der Waals surface area contributed by atoms with Crippen molar-refractivity contribution in [2.24, 2.45) is 5.73 Å². The molecule has 0 amide bonds. The number of nitrogens with zero attached hydrogens (tertiary/aromatic N) is 3. The molecule has 0 saturated heterocycles. The molecule has 0 bridgehead atoms. The number of hydrogen-bond acceptors (Lipinski definition) is 7. The number of rotatable bonds is 5. The molecule has 3 rings (SSSR count). The van der Waals surface area contributed by atoms with Crippen molar-refractivity contribution in [3.05, 3.63) is 41.0 Å². The molecular formula is C22H32N4O5. The number of benzene rings is 1. The zero-order valence-electron chi connectivity index (χ0n) is 18.8. The van der Waals surface area contributed by atoms with Gasteiger partial charge in [-0.25, -0.2) is 9.67 Å². The summed E-state index contributed by atoms with van der Waals surface area (Å²) in [6.45, 7) is 5.23. The Hall–Kier alpha value is -2.78. The molecule has 1 heterocycles. The minimum absolute atomic E-state index is 0.0402. The molecule has 0 radical (unpaired) electrons. The summed E-state index contributed by atoms with van der Waals surface area (Å²) in [4.78, 5) is 25.4. The van der Waals surface area contributed by atoms with Crippen LogP contribution in [-0.2, 0) is 25.5 Å². The second-order valence-electron chi connectivity index (χ2n) is 7.74. The number of aryl methyl sites for hydroxylation is 1. The first kappa shape index (κ1) is 24.5. The molecule has 0 aliphatic heterocycles. The quantitative estimate of drug-likeness (QED) is 0.689. The van der Waals surface area contributed by atoms with Crippen molar-refractivity contribution in [1.82, 2.24) is 14.8 Å². The van der Waals surface area contributed by atoms with Gasteiger partial charge in [0.05, 0.1) is 18.9 Å². The minimum Gasteiger partial charge on any atom is -0.481 e. The fraction of sp³-hybridized carbons (Fsp3) is 0.545. The summed E-state index contributed by atoms with van der Waals surface area (Å²) >= 11 is 0. The van der Waals surface area contributed by atoms with Crippen molar-refractivity contribution in [2.75, 3.05) is 14.2 Å². The Bertz CT molecular complexity index is 907. The van der Waals surface area contributed by atoms with Crippen LogP contribution in [-0.4, -0.2) is 58.2 Å². The fourth-order valence-corrected chi connectivity index (χ4v) is 3.76. The SMILES string of the molecule is CC(=O)O.COC(=O)Cc1nc([C@H]2CC[C@@H](OC)[C@H](N)C2)n(-c2cccc(C)c2C)n1. The molecule has 1 saturated carbocycles. The number of esters is 1. The molecule has 3 atom stereocenters. The number of nitrogens with two attached hydrogens (primary N) is 1. The summed E-state index contributed by atoms with van der Waals surface area (Å²) < 4.78 is 12.1. The summed E-state index contributed by atoms with van der Waals surface area (Å²) in [6, 6.07) is 6.08. The molecule has 1 fully saturated rings. The second kappa shape index (κ2) is 11.0. The van der Waals surface area contributed by atoms with Gasteiger partial charge in [-0.2, -0.15) is 5.10 Å². The van der Waals surface area contributed by atoms with Gasteiger partial charge < -0.3 is 20.3 Å². The number of aromatic nitrogens is 3. The molecule has 9 nitrogen and oxygen atoms in total. The third-order valence-corrected chi connectivity index (χ3v) is 5.51. The van der Waals surface area contributed by atoms with Crippen molar-refractivity contribution in [3.63, 3.8) is 0 Å². The minimum atomic E-state index is -0.833. The lowest BCUT2D eigenvalue weighted by Gasteiger charge is -2.32. The van der Waals surface area contributed by atoms with E-state index < -0.39 is 5.97 Å². The van der Waals surface area contributed by atoms with Crippen molar-refractivity contribution in [3.8, 4) is 5.69 Å². The van der Waals surface area contributed by atoms with E-state index in [1.54, 1.807) is 7.11 Å². The van der Waals surface area contributed by atoms with Crippen LogP contribution in [0.15, 0.2) is 18.2 Å². The molecule has 0 spiro atoms. The topological polar surface area (TPSA) is 130 Å². The molecule has 1 aliphatic rings. The predicted octanol–water partition coefficient (Wildman–Crippen LogP) is 2.30. The third kappa shape index (κ3) is 6.35. The lowest BCUT2D eigenvalue weighted by molar-refractivity contribution is -0.140. The smallest absolute Gasteiger partial charge is 0.313 e. The lowest BCUT2D eigenvalue weighted by Crippen LogP contribution is -2.41. The second-order valence-corrected chi connectivity index (χ2v) is 7.74. The Kier molecular flexibility index (Phi) is 8.70. The van der Waals surface area contributed by atoms with Crippen LogP contribution in [0.2, 0.25) is 0 Å². The van der Waals surface area contributed by atoms with Crippen molar-refractivity contribution < 1.29 is 24.2 Å². The Labute approximate surface area is 182 Å². The van der Waals surface area contributed by atoms with E-state index in [1.807, 2.05) is 16.8 Å². The first-order chi connectivity index (χ1) is 14.7. The van der Waals surface area contributed by atoms with Crippen LogP contribution in [0.25, 0.3) is 5.69 Å². The van der Waals surface area contributed by atoms with Gasteiger partial charge in [-0.3, -0.25) is 9.59 Å². The molecule has 1 aromatic heterocycles. The van der Waals surface area contributed by atoms with E-state index in [0.717, 1.165) is 43.3 Å². The molecule has 9 heteroatoms. The number of methoxy groups -OCH3 is 2. The summed E-state index contributed by atoms with van der Waals surface area (Å²) in [5.74, 6) is 0.317. The van der Waals surface area contributed by atoms with Gasteiger partial charge in [0, 0.05) is 26.0 Å². The molecule has 170 valence electrons. The van der Waals surface area contributed by atoms with Crippen molar-refractivity contribution in [2.45, 2.75) is 64.5 Å². The van der Waals surface area contributed by atoms with Crippen LogP contribution < -0.4 is 5.73 Å². The van der Waals surface area contributed by atoms with Crippen LogP contribution in [0.3, 0.4) is 0 Å². The van der Waals surface area contributed by atoms with Gasteiger partial charge >= 0.3 is 5.97 Å². The summed E-state index contributed by atoms with van der Waals surface area (Å²) in [5.41, 5.74) is 9.62. The predicted molar refractivity (Wildman–Crippen MR) is 115 cm³/mol. The Morgan fingerprint density at radius 2 is 1.94 bits per heavy atom. The van der Waals surface area contributed by atoms with E-state index in [4.69, 9.17) is 30.1 Å². The molecule has 3 N–H and O–H groups in total. The third-order valence-electron chi connectivity index (χ3n) is 5.51. The summed E-state index contributed by atoms with van der Waals surface area (Å²) in [7, 11) is 3.08. The van der Waals surface area contributed by atoms with Crippen LogP contribution in [0, 0.1) is 13.8 Å². The molecular weight excluding hydrogens is 400 g/mol. The van der Waals surface area contributed by atoms with Gasteiger partial charge in [0.1, 0.15) is 12.2 Å². The highest BCUT2D eigenvalue weighted by atomic mass is 16.5. The fourth-order valence-electron chi connectivity index (χ4n) is 3.76. The van der Waals surface area contributed by atoms with Gasteiger partial charge in [0.25, 0.3) is 5.97 Å². The van der Waals surface area contributed by atoms with E-state index in [9.17, 15) is 4.79 Å². The lowest BCUT2D eigenvalue weighted by atomic mass is 9.83. The Balaban J connectivity index is 0.000000785. The molecule has 2 aromatic rings. The van der Waals surface area contributed by atoms with Crippen molar-refractivity contribution in [1.29, 1.82) is 0 Å². The maximum atomic E-state index is 11.7. The standard InChI is InChI=1S/C20H28N4O3.C2H4O2/c1-12-6-5-7-16(13(12)2)24-20(22-18(23-24)11-19(25)27-4)14-8-9-17(26-3)15(21)10-14;1-2(3)4/h5-7,14-15,17H,8-11,21H2,1-4H3;1H3,(H,3,4)/t14-,15+,17+;/m0./s1. The molecule has 1 aromatic carbocycles. The number of carbonyl (C=O) groups is 2. The maximum absolute atomic E-state index is 11.7.